The number of carbonyl (C=O) groups excluding carboxylic acids is 1. The average Bonchev–Trinajstić information content (AvgIpc) is 2.21. The van der Waals surface area contributed by atoms with Crippen LogP contribution in [0.4, 0.5) is 0 Å². The third-order valence-corrected chi connectivity index (χ3v) is 2.23. The van der Waals surface area contributed by atoms with Crippen molar-refractivity contribution in [2.45, 2.75) is 51.6 Å². The van der Waals surface area contributed by atoms with E-state index < -0.39 is 18.1 Å². The monoisotopic (exact) mass is 216 g/mol. The molecule has 1 amide bonds. The summed E-state index contributed by atoms with van der Waals surface area (Å²) < 4.78 is 0. The second kappa shape index (κ2) is 7.23. The molecule has 0 spiro atoms. The van der Waals surface area contributed by atoms with Crippen LogP contribution in [0.5, 0.6) is 0 Å². The molecule has 15 heavy (non-hydrogen) atoms. The van der Waals surface area contributed by atoms with Gasteiger partial charge in [0.05, 0.1) is 6.04 Å². The zero-order chi connectivity index (χ0) is 11.8. The Morgan fingerprint density at radius 1 is 1.40 bits per heavy atom. The van der Waals surface area contributed by atoms with E-state index in [1.54, 1.807) is 6.92 Å². The third-order valence-electron chi connectivity index (χ3n) is 2.23. The van der Waals surface area contributed by atoms with Gasteiger partial charge in [0.1, 0.15) is 6.04 Å². The van der Waals surface area contributed by atoms with E-state index in [1.165, 1.54) is 0 Å². The van der Waals surface area contributed by atoms with Gasteiger partial charge >= 0.3 is 5.97 Å². The summed E-state index contributed by atoms with van der Waals surface area (Å²) in [6, 6.07) is -1.43. The maximum atomic E-state index is 11.4. The molecule has 0 aromatic heterocycles. The number of hydrogen-bond acceptors (Lipinski definition) is 3. The number of unbranched alkanes of at least 4 members (excludes halogenated alkanes) is 1. The fraction of sp³-hybridized carbons (Fsp3) is 0.800. The van der Waals surface area contributed by atoms with E-state index in [-0.39, 0.29) is 5.91 Å². The highest BCUT2D eigenvalue weighted by Crippen LogP contribution is 1.99. The van der Waals surface area contributed by atoms with Crippen molar-refractivity contribution in [2.24, 2.45) is 5.73 Å². The van der Waals surface area contributed by atoms with Gasteiger partial charge in [-0.05, 0) is 12.8 Å². The number of carbonyl (C=O) groups is 2. The lowest BCUT2D eigenvalue weighted by molar-refractivity contribution is -0.142. The molecule has 0 saturated carbocycles. The van der Waals surface area contributed by atoms with Crippen LogP contribution in [0.1, 0.15) is 39.5 Å². The van der Waals surface area contributed by atoms with Gasteiger partial charge in [-0.25, -0.2) is 4.79 Å². The molecular formula is C10H20N2O3. The number of aliphatic carboxylic acids is 1. The van der Waals surface area contributed by atoms with Gasteiger partial charge in [0.25, 0.3) is 0 Å². The summed E-state index contributed by atoms with van der Waals surface area (Å²) in [4.78, 5) is 22.1. The molecule has 88 valence electrons. The van der Waals surface area contributed by atoms with Crippen LogP contribution in [-0.2, 0) is 9.59 Å². The zero-order valence-corrected chi connectivity index (χ0v) is 9.32. The summed E-state index contributed by atoms with van der Waals surface area (Å²) in [5.41, 5.74) is 5.60. The molecule has 0 rings (SSSR count). The van der Waals surface area contributed by atoms with Crippen LogP contribution >= 0.6 is 0 Å². The van der Waals surface area contributed by atoms with Crippen molar-refractivity contribution >= 4 is 11.9 Å². The Morgan fingerprint density at radius 3 is 2.40 bits per heavy atom. The predicted molar refractivity (Wildman–Crippen MR) is 57.4 cm³/mol. The fourth-order valence-corrected chi connectivity index (χ4v) is 1.17. The van der Waals surface area contributed by atoms with Crippen LogP contribution in [0.15, 0.2) is 0 Å². The van der Waals surface area contributed by atoms with Gasteiger partial charge < -0.3 is 16.2 Å². The van der Waals surface area contributed by atoms with Crippen LogP contribution in [0.3, 0.4) is 0 Å². The first-order valence-electron chi connectivity index (χ1n) is 5.31. The standard InChI is InChI=1S/C10H20N2O3/c1-3-5-6-7(11)9(13)12-8(4-2)10(14)15/h7-8H,3-6,11H2,1-2H3,(H,12,13)(H,14,15)/t7-,8+/m0/s1. The largest absolute Gasteiger partial charge is 0.480 e. The Hall–Kier alpha value is -1.10. The van der Waals surface area contributed by atoms with Crippen molar-refractivity contribution in [1.82, 2.24) is 5.32 Å². The fourth-order valence-electron chi connectivity index (χ4n) is 1.17. The molecular weight excluding hydrogens is 196 g/mol. The molecule has 0 radical (unpaired) electrons. The van der Waals surface area contributed by atoms with Crippen molar-refractivity contribution in [3.8, 4) is 0 Å². The topological polar surface area (TPSA) is 92.4 Å². The summed E-state index contributed by atoms with van der Waals surface area (Å²) >= 11 is 0. The van der Waals surface area contributed by atoms with Crippen LogP contribution in [0, 0.1) is 0 Å². The van der Waals surface area contributed by atoms with E-state index >= 15 is 0 Å². The lowest BCUT2D eigenvalue weighted by Crippen LogP contribution is -2.48. The molecule has 0 aliphatic heterocycles. The number of rotatable bonds is 7. The van der Waals surface area contributed by atoms with Gasteiger partial charge in [-0.15, -0.1) is 0 Å². The van der Waals surface area contributed by atoms with Crippen molar-refractivity contribution in [3.05, 3.63) is 0 Å². The van der Waals surface area contributed by atoms with E-state index in [4.69, 9.17) is 10.8 Å². The molecule has 0 unspecified atom stereocenters. The Morgan fingerprint density at radius 2 is 2.00 bits per heavy atom. The Bertz CT molecular complexity index is 219. The molecule has 5 heteroatoms. The lowest BCUT2D eigenvalue weighted by Gasteiger charge is -2.16. The summed E-state index contributed by atoms with van der Waals surface area (Å²) in [5, 5.41) is 11.1. The first kappa shape index (κ1) is 13.9. The minimum Gasteiger partial charge on any atom is -0.480 e. The number of carboxylic acid groups (broad SMARTS) is 1. The van der Waals surface area contributed by atoms with Crippen molar-refractivity contribution in [3.63, 3.8) is 0 Å². The van der Waals surface area contributed by atoms with Crippen molar-refractivity contribution < 1.29 is 14.7 Å². The van der Waals surface area contributed by atoms with Gasteiger partial charge in [-0.3, -0.25) is 4.79 Å². The van der Waals surface area contributed by atoms with Crippen LogP contribution in [0.2, 0.25) is 0 Å². The van der Waals surface area contributed by atoms with E-state index in [2.05, 4.69) is 5.32 Å². The summed E-state index contributed by atoms with van der Waals surface area (Å²) in [6.45, 7) is 3.72. The molecule has 0 bridgehead atoms. The molecule has 2 atom stereocenters. The summed E-state index contributed by atoms with van der Waals surface area (Å²) in [6.07, 6.45) is 2.80. The normalized spacial score (nSPS) is 14.3. The second-order valence-electron chi connectivity index (χ2n) is 3.56. The van der Waals surface area contributed by atoms with E-state index in [0.29, 0.717) is 12.8 Å². The Kier molecular flexibility index (Phi) is 6.70. The first-order valence-corrected chi connectivity index (χ1v) is 5.31. The minimum absolute atomic E-state index is 0.363. The molecule has 5 nitrogen and oxygen atoms in total. The highest BCUT2D eigenvalue weighted by molar-refractivity contribution is 5.86. The van der Waals surface area contributed by atoms with Crippen molar-refractivity contribution in [1.29, 1.82) is 0 Å². The van der Waals surface area contributed by atoms with Crippen LogP contribution < -0.4 is 11.1 Å². The third kappa shape index (κ3) is 5.37. The number of nitrogens with two attached hydrogens (primary N) is 1. The summed E-state index contributed by atoms with van der Waals surface area (Å²) in [7, 11) is 0. The van der Waals surface area contributed by atoms with Gasteiger partial charge in [0.15, 0.2) is 0 Å². The minimum atomic E-state index is -1.02. The van der Waals surface area contributed by atoms with Crippen molar-refractivity contribution in [2.75, 3.05) is 0 Å². The lowest BCUT2D eigenvalue weighted by atomic mass is 10.1. The quantitative estimate of drug-likeness (QED) is 0.577. The predicted octanol–water partition coefficient (Wildman–Crippen LogP) is 0.483. The zero-order valence-electron chi connectivity index (χ0n) is 9.32. The van der Waals surface area contributed by atoms with Gasteiger partial charge in [0.2, 0.25) is 5.91 Å². The molecule has 0 aliphatic rings. The average molecular weight is 216 g/mol. The maximum Gasteiger partial charge on any atom is 0.326 e. The SMILES string of the molecule is CCCC[C@H](N)C(=O)N[C@H](CC)C(=O)O. The van der Waals surface area contributed by atoms with Crippen LogP contribution in [0.25, 0.3) is 0 Å². The smallest absolute Gasteiger partial charge is 0.326 e. The molecule has 0 saturated heterocycles. The molecule has 0 aromatic rings. The number of hydrogen-bond donors (Lipinski definition) is 3. The second-order valence-corrected chi connectivity index (χ2v) is 3.56. The summed E-state index contributed by atoms with van der Waals surface area (Å²) in [5.74, 6) is -1.40. The highest BCUT2D eigenvalue weighted by atomic mass is 16.4. The number of amides is 1. The van der Waals surface area contributed by atoms with E-state index in [0.717, 1.165) is 12.8 Å². The molecule has 0 heterocycles. The maximum absolute atomic E-state index is 11.4. The first-order chi connectivity index (χ1) is 7.02. The van der Waals surface area contributed by atoms with Gasteiger partial charge in [-0.2, -0.15) is 0 Å². The molecule has 4 N–H and O–H groups in total. The Labute approximate surface area is 90.0 Å². The van der Waals surface area contributed by atoms with E-state index in [9.17, 15) is 9.59 Å². The number of nitrogens with one attached hydrogen (secondary N) is 1. The van der Waals surface area contributed by atoms with Gasteiger partial charge in [0, 0.05) is 0 Å². The molecule has 0 aliphatic carbocycles. The van der Waals surface area contributed by atoms with E-state index in [1.807, 2.05) is 6.92 Å². The molecule has 0 aromatic carbocycles. The highest BCUT2D eigenvalue weighted by Gasteiger charge is 2.20. The van der Waals surface area contributed by atoms with Gasteiger partial charge in [-0.1, -0.05) is 26.7 Å². The molecule has 0 fully saturated rings. The Balaban J connectivity index is 4.04. The van der Waals surface area contributed by atoms with Crippen LogP contribution in [-0.4, -0.2) is 29.1 Å². The number of carboxylic acids is 1.